The van der Waals surface area contributed by atoms with Crippen molar-refractivity contribution in [3.63, 3.8) is 0 Å². The summed E-state index contributed by atoms with van der Waals surface area (Å²) in [5.41, 5.74) is 1.29. The fourth-order valence-corrected chi connectivity index (χ4v) is 3.28. The summed E-state index contributed by atoms with van der Waals surface area (Å²) in [5, 5.41) is 1.60. The van der Waals surface area contributed by atoms with Crippen LogP contribution >= 0.6 is 27.7 Å². The van der Waals surface area contributed by atoms with Gasteiger partial charge in [0.05, 0.1) is 0 Å². The highest BCUT2D eigenvalue weighted by atomic mass is 79.9. The highest BCUT2D eigenvalue weighted by Gasteiger charge is 2.19. The highest BCUT2D eigenvalue weighted by molar-refractivity contribution is 9.08. The van der Waals surface area contributed by atoms with E-state index in [1.54, 1.807) is 0 Å². The molecule has 0 spiro atoms. The van der Waals surface area contributed by atoms with Gasteiger partial charge < -0.3 is 4.90 Å². The van der Waals surface area contributed by atoms with Gasteiger partial charge in [0, 0.05) is 41.2 Å². The maximum Gasteiger partial charge on any atom is 0.132 e. The fourth-order valence-electron chi connectivity index (χ4n) is 1.83. The van der Waals surface area contributed by atoms with Crippen LogP contribution in [-0.4, -0.2) is 29.1 Å². The van der Waals surface area contributed by atoms with E-state index in [9.17, 15) is 0 Å². The van der Waals surface area contributed by atoms with Crippen LogP contribution in [0.4, 0.5) is 5.82 Å². The Morgan fingerprint density at radius 1 is 1.67 bits per heavy atom. The lowest BCUT2D eigenvalue weighted by molar-refractivity contribution is 0.766. The van der Waals surface area contributed by atoms with Crippen molar-refractivity contribution < 1.29 is 0 Å². The fraction of sp³-hybridized carbons (Fsp3) is 0.545. The van der Waals surface area contributed by atoms with Gasteiger partial charge >= 0.3 is 0 Å². The van der Waals surface area contributed by atoms with E-state index in [0.717, 1.165) is 24.2 Å². The first kappa shape index (κ1) is 11.3. The molecule has 1 unspecified atom stereocenters. The molecule has 0 bridgehead atoms. The van der Waals surface area contributed by atoms with Crippen LogP contribution in [0.15, 0.2) is 18.3 Å². The standard InChI is InChI=1S/C11H15BrN2S/c1-9-8-14(5-6-15-9)11-10(7-12)3-2-4-13-11/h2-4,9H,5-8H2,1H3. The van der Waals surface area contributed by atoms with Crippen LogP contribution in [0.5, 0.6) is 0 Å². The number of alkyl halides is 1. The van der Waals surface area contributed by atoms with Crippen LogP contribution in [0, 0.1) is 0 Å². The zero-order valence-corrected chi connectivity index (χ0v) is 11.2. The molecule has 2 rings (SSSR count). The number of rotatable bonds is 2. The zero-order valence-electron chi connectivity index (χ0n) is 8.82. The molecule has 1 aliphatic heterocycles. The van der Waals surface area contributed by atoms with Crippen molar-refractivity contribution in [3.05, 3.63) is 23.9 Å². The molecule has 0 aliphatic carbocycles. The SMILES string of the molecule is CC1CN(c2ncccc2CBr)CCS1. The first-order valence-electron chi connectivity index (χ1n) is 5.17. The van der Waals surface area contributed by atoms with Crippen molar-refractivity contribution in [2.45, 2.75) is 17.5 Å². The number of halogens is 1. The summed E-state index contributed by atoms with van der Waals surface area (Å²) in [4.78, 5) is 6.89. The van der Waals surface area contributed by atoms with Gasteiger partial charge in [0.2, 0.25) is 0 Å². The van der Waals surface area contributed by atoms with E-state index in [1.807, 2.05) is 24.0 Å². The Labute approximate surface area is 104 Å². The molecule has 15 heavy (non-hydrogen) atoms. The monoisotopic (exact) mass is 286 g/mol. The summed E-state index contributed by atoms with van der Waals surface area (Å²) >= 11 is 5.57. The first-order valence-corrected chi connectivity index (χ1v) is 7.34. The third-order valence-corrected chi connectivity index (χ3v) is 4.29. The molecule has 1 aromatic rings. The van der Waals surface area contributed by atoms with Crippen LogP contribution < -0.4 is 4.90 Å². The lowest BCUT2D eigenvalue weighted by atomic mass is 10.2. The second kappa shape index (κ2) is 5.21. The summed E-state index contributed by atoms with van der Waals surface area (Å²) in [7, 11) is 0. The predicted molar refractivity (Wildman–Crippen MR) is 71.0 cm³/mol. The number of aromatic nitrogens is 1. The van der Waals surface area contributed by atoms with Crippen molar-refractivity contribution in [2.75, 3.05) is 23.7 Å². The maximum atomic E-state index is 4.49. The number of pyridine rings is 1. The first-order chi connectivity index (χ1) is 7.31. The van der Waals surface area contributed by atoms with E-state index in [1.165, 1.54) is 11.3 Å². The lowest BCUT2D eigenvalue weighted by Gasteiger charge is -2.32. The van der Waals surface area contributed by atoms with Crippen molar-refractivity contribution in [2.24, 2.45) is 0 Å². The van der Waals surface area contributed by atoms with E-state index in [2.05, 4.69) is 38.8 Å². The Bertz CT molecular complexity index is 332. The van der Waals surface area contributed by atoms with Gasteiger partial charge in [0.25, 0.3) is 0 Å². The summed E-state index contributed by atoms with van der Waals surface area (Å²) in [5.74, 6) is 2.36. The molecule has 2 nitrogen and oxygen atoms in total. The quantitative estimate of drug-likeness (QED) is 0.778. The van der Waals surface area contributed by atoms with Crippen molar-refractivity contribution in [3.8, 4) is 0 Å². The van der Waals surface area contributed by atoms with Crippen molar-refractivity contribution in [1.29, 1.82) is 0 Å². The Morgan fingerprint density at radius 3 is 3.27 bits per heavy atom. The van der Waals surface area contributed by atoms with Crippen molar-refractivity contribution >= 4 is 33.5 Å². The maximum absolute atomic E-state index is 4.49. The lowest BCUT2D eigenvalue weighted by Crippen LogP contribution is -2.37. The van der Waals surface area contributed by atoms with E-state index < -0.39 is 0 Å². The van der Waals surface area contributed by atoms with Crippen LogP contribution in [0.2, 0.25) is 0 Å². The molecule has 4 heteroatoms. The topological polar surface area (TPSA) is 16.1 Å². The third-order valence-electron chi connectivity index (χ3n) is 2.55. The second-order valence-corrected chi connectivity index (χ2v) is 5.85. The Kier molecular flexibility index (Phi) is 3.92. The van der Waals surface area contributed by atoms with Gasteiger partial charge in [-0.25, -0.2) is 4.98 Å². The molecule has 1 aliphatic rings. The van der Waals surface area contributed by atoms with Gasteiger partial charge in [0.15, 0.2) is 0 Å². The summed E-state index contributed by atoms with van der Waals surface area (Å²) in [6.45, 7) is 4.52. The number of hydrogen-bond donors (Lipinski definition) is 0. The highest BCUT2D eigenvalue weighted by Crippen LogP contribution is 2.25. The summed E-state index contributed by atoms with van der Waals surface area (Å²) in [6.07, 6.45) is 1.88. The van der Waals surface area contributed by atoms with Gasteiger partial charge in [-0.1, -0.05) is 28.9 Å². The van der Waals surface area contributed by atoms with E-state index >= 15 is 0 Å². The minimum Gasteiger partial charge on any atom is -0.354 e. The molecule has 82 valence electrons. The predicted octanol–water partition coefficient (Wildman–Crippen LogP) is 2.92. The van der Waals surface area contributed by atoms with Crippen molar-refractivity contribution in [1.82, 2.24) is 4.98 Å². The number of thioether (sulfide) groups is 1. The molecule has 0 saturated carbocycles. The minimum absolute atomic E-state index is 0.712. The summed E-state index contributed by atoms with van der Waals surface area (Å²) < 4.78 is 0. The molecule has 0 radical (unpaired) electrons. The Morgan fingerprint density at radius 2 is 2.53 bits per heavy atom. The van der Waals surface area contributed by atoms with Crippen LogP contribution in [0.1, 0.15) is 12.5 Å². The molecular formula is C11H15BrN2S. The Balaban J connectivity index is 2.20. The zero-order chi connectivity index (χ0) is 10.7. The molecule has 0 amide bonds. The van der Waals surface area contributed by atoms with Gasteiger partial charge in [-0.3, -0.25) is 0 Å². The average Bonchev–Trinajstić information content (AvgIpc) is 2.29. The average molecular weight is 287 g/mol. The van der Waals surface area contributed by atoms with E-state index in [0.29, 0.717) is 5.25 Å². The Hall–Kier alpha value is -0.220. The van der Waals surface area contributed by atoms with E-state index in [4.69, 9.17) is 0 Å². The van der Waals surface area contributed by atoms with E-state index in [-0.39, 0.29) is 0 Å². The molecule has 1 fully saturated rings. The number of hydrogen-bond acceptors (Lipinski definition) is 3. The molecule has 0 N–H and O–H groups in total. The molecule has 1 atom stereocenters. The largest absolute Gasteiger partial charge is 0.354 e. The molecule has 1 saturated heterocycles. The minimum atomic E-state index is 0.712. The van der Waals surface area contributed by atoms with Crippen LogP contribution in [0.3, 0.4) is 0 Å². The van der Waals surface area contributed by atoms with Crippen LogP contribution in [-0.2, 0) is 5.33 Å². The van der Waals surface area contributed by atoms with Gasteiger partial charge in [0.1, 0.15) is 5.82 Å². The molecule has 2 heterocycles. The van der Waals surface area contributed by atoms with Gasteiger partial charge in [-0.05, 0) is 6.07 Å². The molecular weight excluding hydrogens is 272 g/mol. The van der Waals surface area contributed by atoms with Crippen LogP contribution in [0.25, 0.3) is 0 Å². The third kappa shape index (κ3) is 2.67. The number of nitrogens with zero attached hydrogens (tertiary/aromatic N) is 2. The molecule has 1 aromatic heterocycles. The normalized spacial score (nSPS) is 21.7. The smallest absolute Gasteiger partial charge is 0.132 e. The number of anilines is 1. The molecule has 0 aromatic carbocycles. The van der Waals surface area contributed by atoms with Gasteiger partial charge in [-0.2, -0.15) is 11.8 Å². The second-order valence-electron chi connectivity index (χ2n) is 3.75. The van der Waals surface area contributed by atoms with Gasteiger partial charge in [-0.15, -0.1) is 0 Å². The summed E-state index contributed by atoms with van der Waals surface area (Å²) in [6, 6.07) is 4.14.